The second-order valence-electron chi connectivity index (χ2n) is 7.18. The number of tetrazole rings is 1. The highest BCUT2D eigenvalue weighted by Crippen LogP contribution is 2.44. The first-order valence-corrected chi connectivity index (χ1v) is 8.90. The molecule has 2 aliphatic rings. The predicted molar refractivity (Wildman–Crippen MR) is 92.9 cm³/mol. The lowest BCUT2D eigenvalue weighted by Crippen LogP contribution is -2.53. The van der Waals surface area contributed by atoms with Crippen LogP contribution < -0.4 is 0 Å². The molecule has 2 amide bonds. The zero-order valence-electron chi connectivity index (χ0n) is 14.8. The summed E-state index contributed by atoms with van der Waals surface area (Å²) in [6.07, 6.45) is 3.87. The first kappa shape index (κ1) is 16.7. The van der Waals surface area contributed by atoms with Crippen LogP contribution in [0.5, 0.6) is 0 Å². The third-order valence-corrected chi connectivity index (χ3v) is 5.86. The quantitative estimate of drug-likeness (QED) is 0.809. The van der Waals surface area contributed by atoms with Gasteiger partial charge in [0, 0.05) is 25.7 Å². The van der Waals surface area contributed by atoms with Gasteiger partial charge in [0.2, 0.25) is 11.8 Å². The van der Waals surface area contributed by atoms with Crippen LogP contribution in [-0.2, 0) is 16.1 Å². The van der Waals surface area contributed by atoms with Gasteiger partial charge in [-0.1, -0.05) is 30.3 Å². The molecule has 0 radical (unpaired) electrons. The molecule has 0 unspecified atom stereocenters. The van der Waals surface area contributed by atoms with Crippen molar-refractivity contribution in [3.05, 3.63) is 42.2 Å². The lowest BCUT2D eigenvalue weighted by atomic mass is 9.81. The van der Waals surface area contributed by atoms with Crippen molar-refractivity contribution in [2.75, 3.05) is 20.1 Å². The van der Waals surface area contributed by atoms with Crippen molar-refractivity contribution in [1.29, 1.82) is 0 Å². The summed E-state index contributed by atoms with van der Waals surface area (Å²) in [5.41, 5.74) is 0.932. The number of carbonyl (C=O) groups excluding carboxylic acids is 2. The van der Waals surface area contributed by atoms with Crippen LogP contribution >= 0.6 is 0 Å². The van der Waals surface area contributed by atoms with Crippen molar-refractivity contribution in [1.82, 2.24) is 30.0 Å². The average molecular weight is 354 g/mol. The molecule has 2 aliphatic heterocycles. The predicted octanol–water partition coefficient (Wildman–Crippen LogP) is 0.680. The van der Waals surface area contributed by atoms with E-state index >= 15 is 0 Å². The zero-order valence-corrected chi connectivity index (χ0v) is 14.8. The first-order chi connectivity index (χ1) is 12.6. The molecule has 26 heavy (non-hydrogen) atoms. The summed E-state index contributed by atoms with van der Waals surface area (Å²) in [6, 6.07) is 9.99. The van der Waals surface area contributed by atoms with E-state index in [0.29, 0.717) is 13.1 Å². The molecule has 0 N–H and O–H groups in total. The Morgan fingerprint density at radius 3 is 2.62 bits per heavy atom. The largest absolute Gasteiger partial charge is 0.341 e. The molecule has 2 aromatic rings. The van der Waals surface area contributed by atoms with E-state index in [0.717, 1.165) is 24.8 Å². The molecule has 0 aliphatic carbocycles. The number of benzene rings is 1. The Morgan fingerprint density at radius 1 is 1.23 bits per heavy atom. The van der Waals surface area contributed by atoms with Gasteiger partial charge in [0.25, 0.3) is 0 Å². The third-order valence-electron chi connectivity index (χ3n) is 5.86. The zero-order chi connectivity index (χ0) is 18.1. The lowest BCUT2D eigenvalue weighted by Gasteiger charge is -2.43. The van der Waals surface area contributed by atoms with Gasteiger partial charge in [0.05, 0.1) is 5.92 Å². The first-order valence-electron chi connectivity index (χ1n) is 8.90. The molecule has 1 aromatic heterocycles. The topological polar surface area (TPSA) is 84.2 Å². The summed E-state index contributed by atoms with van der Waals surface area (Å²) in [6.45, 7) is 1.46. The van der Waals surface area contributed by atoms with Crippen LogP contribution in [0.25, 0.3) is 0 Å². The SMILES string of the molecule is CN1C(=O)[C@H](c2ccccc2)CC12CCN(C(=O)Cn1cnnn1)CC2. The van der Waals surface area contributed by atoms with Crippen molar-refractivity contribution in [2.24, 2.45) is 0 Å². The molecule has 2 fully saturated rings. The summed E-state index contributed by atoms with van der Waals surface area (Å²) >= 11 is 0. The van der Waals surface area contributed by atoms with Crippen LogP contribution in [-0.4, -0.2) is 67.5 Å². The van der Waals surface area contributed by atoms with E-state index in [2.05, 4.69) is 15.5 Å². The normalized spacial score (nSPS) is 22.2. The summed E-state index contributed by atoms with van der Waals surface area (Å²) in [4.78, 5) is 29.0. The highest BCUT2D eigenvalue weighted by atomic mass is 16.2. The van der Waals surface area contributed by atoms with Crippen LogP contribution in [0.15, 0.2) is 36.7 Å². The van der Waals surface area contributed by atoms with Gasteiger partial charge >= 0.3 is 0 Å². The monoisotopic (exact) mass is 354 g/mol. The summed E-state index contributed by atoms with van der Waals surface area (Å²) in [5, 5.41) is 10.8. The van der Waals surface area contributed by atoms with Gasteiger partial charge in [0.1, 0.15) is 12.9 Å². The fraction of sp³-hybridized carbons (Fsp3) is 0.500. The minimum Gasteiger partial charge on any atom is -0.341 e. The Kier molecular flexibility index (Phi) is 4.18. The highest BCUT2D eigenvalue weighted by Gasteiger charge is 2.50. The number of likely N-dealkylation sites (N-methyl/N-ethyl adjacent to an activating group) is 1. The maximum Gasteiger partial charge on any atom is 0.244 e. The molecule has 136 valence electrons. The molecule has 4 rings (SSSR count). The number of carbonyl (C=O) groups is 2. The molecular formula is C18H22N6O2. The van der Waals surface area contributed by atoms with Crippen LogP contribution in [0.3, 0.4) is 0 Å². The van der Waals surface area contributed by atoms with E-state index < -0.39 is 0 Å². The average Bonchev–Trinajstić information content (AvgIpc) is 3.26. The van der Waals surface area contributed by atoms with E-state index in [1.54, 1.807) is 0 Å². The van der Waals surface area contributed by atoms with Crippen molar-refractivity contribution in [3.63, 3.8) is 0 Å². The molecule has 1 atom stereocenters. The van der Waals surface area contributed by atoms with Crippen molar-refractivity contribution in [2.45, 2.75) is 37.3 Å². The van der Waals surface area contributed by atoms with E-state index in [-0.39, 0.29) is 29.8 Å². The summed E-state index contributed by atoms with van der Waals surface area (Å²) in [5.74, 6) is 0.119. The Bertz CT molecular complexity index is 783. The van der Waals surface area contributed by atoms with Crippen LogP contribution in [0.1, 0.15) is 30.7 Å². The Balaban J connectivity index is 1.43. The van der Waals surface area contributed by atoms with Gasteiger partial charge in [-0.25, -0.2) is 4.68 Å². The Hall–Kier alpha value is -2.77. The van der Waals surface area contributed by atoms with E-state index in [4.69, 9.17) is 0 Å². The fourth-order valence-electron chi connectivity index (χ4n) is 4.22. The van der Waals surface area contributed by atoms with E-state index in [1.807, 2.05) is 47.2 Å². The smallest absolute Gasteiger partial charge is 0.244 e. The number of likely N-dealkylation sites (tertiary alicyclic amines) is 2. The number of amides is 2. The second kappa shape index (κ2) is 6.51. The molecule has 3 heterocycles. The molecule has 2 saturated heterocycles. The number of aromatic nitrogens is 4. The molecule has 1 aromatic carbocycles. The maximum absolute atomic E-state index is 12.8. The van der Waals surface area contributed by atoms with Gasteiger partial charge < -0.3 is 9.80 Å². The fourth-order valence-corrected chi connectivity index (χ4v) is 4.22. The number of hydrogen-bond donors (Lipinski definition) is 0. The van der Waals surface area contributed by atoms with E-state index in [1.165, 1.54) is 11.0 Å². The lowest BCUT2D eigenvalue weighted by molar-refractivity contribution is -0.136. The number of hydrogen-bond acceptors (Lipinski definition) is 5. The molecule has 0 bridgehead atoms. The minimum atomic E-state index is -0.150. The van der Waals surface area contributed by atoms with Crippen molar-refractivity contribution in [3.8, 4) is 0 Å². The molecular weight excluding hydrogens is 332 g/mol. The molecule has 0 saturated carbocycles. The van der Waals surface area contributed by atoms with Gasteiger partial charge in [0.15, 0.2) is 0 Å². The summed E-state index contributed by atoms with van der Waals surface area (Å²) in [7, 11) is 1.91. The Morgan fingerprint density at radius 2 is 1.96 bits per heavy atom. The van der Waals surface area contributed by atoms with Crippen molar-refractivity contribution >= 4 is 11.8 Å². The minimum absolute atomic E-state index is 0.0127. The molecule has 8 heteroatoms. The maximum atomic E-state index is 12.8. The summed E-state index contributed by atoms with van der Waals surface area (Å²) < 4.78 is 1.43. The molecule has 8 nitrogen and oxygen atoms in total. The number of rotatable bonds is 3. The Labute approximate surface area is 151 Å². The van der Waals surface area contributed by atoms with Gasteiger partial charge in [-0.2, -0.15) is 0 Å². The standard InChI is InChI=1S/C18H22N6O2/c1-22-17(26)15(14-5-3-2-4-6-14)11-18(22)7-9-23(10-8-18)16(25)12-24-13-19-20-21-24/h2-6,13,15H,7-12H2,1H3/t15-/m0/s1. The van der Waals surface area contributed by atoms with Crippen molar-refractivity contribution < 1.29 is 9.59 Å². The molecule has 1 spiro atoms. The van der Waals surface area contributed by atoms with Gasteiger partial charge in [-0.05, 0) is 35.3 Å². The second-order valence-corrected chi connectivity index (χ2v) is 7.18. The number of nitrogens with zero attached hydrogens (tertiary/aromatic N) is 6. The highest BCUT2D eigenvalue weighted by molar-refractivity contribution is 5.87. The van der Waals surface area contributed by atoms with Gasteiger partial charge in [-0.3, -0.25) is 9.59 Å². The third kappa shape index (κ3) is 2.85. The number of piperidine rings is 1. The van der Waals surface area contributed by atoms with E-state index in [9.17, 15) is 9.59 Å². The van der Waals surface area contributed by atoms with Crippen LogP contribution in [0, 0.1) is 0 Å². The van der Waals surface area contributed by atoms with Crippen LogP contribution in [0.2, 0.25) is 0 Å². The van der Waals surface area contributed by atoms with Crippen LogP contribution in [0.4, 0.5) is 0 Å². The van der Waals surface area contributed by atoms with Gasteiger partial charge in [-0.15, -0.1) is 5.10 Å².